The van der Waals surface area contributed by atoms with E-state index in [4.69, 9.17) is 10.5 Å². The van der Waals surface area contributed by atoms with Crippen molar-refractivity contribution in [3.05, 3.63) is 30.3 Å². The molecule has 0 aromatic heterocycles. The van der Waals surface area contributed by atoms with Gasteiger partial charge in [-0.05, 0) is 12.1 Å². The highest BCUT2D eigenvalue weighted by molar-refractivity contribution is 5.85. The second kappa shape index (κ2) is 9.37. The van der Waals surface area contributed by atoms with Gasteiger partial charge in [0, 0.05) is 25.4 Å². The van der Waals surface area contributed by atoms with Crippen molar-refractivity contribution in [1.82, 2.24) is 10.2 Å². The number of nitrogens with one attached hydrogen (secondary N) is 1. The average Bonchev–Trinajstić information content (AvgIpc) is 2.87. The van der Waals surface area contributed by atoms with Crippen molar-refractivity contribution in [2.24, 2.45) is 11.7 Å². The van der Waals surface area contributed by atoms with Gasteiger partial charge in [0.1, 0.15) is 12.4 Å². The number of benzene rings is 1. The van der Waals surface area contributed by atoms with Crippen molar-refractivity contribution in [2.45, 2.75) is 19.4 Å². The maximum absolute atomic E-state index is 11.9. The van der Waals surface area contributed by atoms with Gasteiger partial charge in [-0.2, -0.15) is 0 Å². The minimum absolute atomic E-state index is 0. The first-order chi connectivity index (χ1) is 10.6. The van der Waals surface area contributed by atoms with Gasteiger partial charge >= 0.3 is 0 Å². The van der Waals surface area contributed by atoms with Gasteiger partial charge in [0.15, 0.2) is 0 Å². The second-order valence-electron chi connectivity index (χ2n) is 5.55. The van der Waals surface area contributed by atoms with Crippen molar-refractivity contribution in [3.63, 3.8) is 0 Å². The van der Waals surface area contributed by atoms with Crippen molar-refractivity contribution in [2.75, 3.05) is 26.2 Å². The number of hydrogen-bond donors (Lipinski definition) is 2. The molecular formula is C16H24ClN3O3. The van der Waals surface area contributed by atoms with Crippen LogP contribution in [0.15, 0.2) is 30.3 Å². The van der Waals surface area contributed by atoms with E-state index in [-0.39, 0.29) is 36.2 Å². The average molecular weight is 342 g/mol. The zero-order valence-electron chi connectivity index (χ0n) is 13.2. The van der Waals surface area contributed by atoms with Crippen LogP contribution in [0.25, 0.3) is 0 Å². The summed E-state index contributed by atoms with van der Waals surface area (Å²) in [5, 5.41) is 2.88. The number of rotatable bonds is 7. The molecule has 1 heterocycles. The van der Waals surface area contributed by atoms with Gasteiger partial charge in [-0.25, -0.2) is 0 Å². The van der Waals surface area contributed by atoms with Gasteiger partial charge in [-0.3, -0.25) is 9.59 Å². The molecule has 0 saturated carbocycles. The van der Waals surface area contributed by atoms with Crippen LogP contribution < -0.4 is 15.8 Å². The summed E-state index contributed by atoms with van der Waals surface area (Å²) in [4.78, 5) is 25.5. The number of hydrogen-bond acceptors (Lipinski definition) is 4. The highest BCUT2D eigenvalue weighted by Crippen LogP contribution is 2.13. The molecule has 0 aliphatic carbocycles. The van der Waals surface area contributed by atoms with E-state index in [1.54, 1.807) is 11.8 Å². The predicted octanol–water partition coefficient (Wildman–Crippen LogP) is 0.799. The Balaban J connectivity index is 0.00000264. The number of nitrogens with two attached hydrogens (primary N) is 1. The first-order valence-corrected chi connectivity index (χ1v) is 7.56. The Morgan fingerprint density at radius 3 is 2.78 bits per heavy atom. The lowest BCUT2D eigenvalue weighted by atomic mass is 10.1. The largest absolute Gasteiger partial charge is 0.492 e. The van der Waals surface area contributed by atoms with E-state index >= 15 is 0 Å². The SMILES string of the molecule is CC(CN)C(=O)NC1CC(=O)N(CCOc2ccccc2)C1.Cl. The Labute approximate surface area is 142 Å². The molecule has 7 heteroatoms. The predicted molar refractivity (Wildman–Crippen MR) is 90.5 cm³/mol. The number of nitrogens with zero attached hydrogens (tertiary/aromatic N) is 1. The summed E-state index contributed by atoms with van der Waals surface area (Å²) < 4.78 is 5.59. The van der Waals surface area contributed by atoms with E-state index in [9.17, 15) is 9.59 Å². The van der Waals surface area contributed by atoms with Gasteiger partial charge < -0.3 is 20.7 Å². The Morgan fingerprint density at radius 2 is 2.13 bits per heavy atom. The standard InChI is InChI=1S/C16H23N3O3.ClH/c1-12(10-17)16(21)18-13-9-15(20)19(11-13)7-8-22-14-5-3-2-4-6-14;/h2-6,12-13H,7-11,17H2,1H3,(H,18,21);1H. The molecule has 128 valence electrons. The minimum Gasteiger partial charge on any atom is -0.492 e. The number of carbonyl (C=O) groups is 2. The molecule has 2 rings (SSSR count). The van der Waals surface area contributed by atoms with Crippen LogP contribution in [0, 0.1) is 5.92 Å². The van der Waals surface area contributed by atoms with Crippen molar-refractivity contribution < 1.29 is 14.3 Å². The number of carbonyl (C=O) groups excluding carboxylic acids is 2. The van der Waals surface area contributed by atoms with Crippen LogP contribution in [0.4, 0.5) is 0 Å². The van der Waals surface area contributed by atoms with Crippen LogP contribution in [0.3, 0.4) is 0 Å². The molecule has 1 aliphatic heterocycles. The molecular weight excluding hydrogens is 318 g/mol. The molecule has 1 aromatic rings. The third-order valence-corrected chi connectivity index (χ3v) is 3.74. The minimum atomic E-state index is -0.231. The first kappa shape index (κ1) is 19.3. The maximum atomic E-state index is 11.9. The molecule has 23 heavy (non-hydrogen) atoms. The van der Waals surface area contributed by atoms with Crippen LogP contribution >= 0.6 is 12.4 Å². The topological polar surface area (TPSA) is 84.7 Å². The number of amides is 2. The van der Waals surface area contributed by atoms with E-state index in [0.29, 0.717) is 32.7 Å². The summed E-state index contributed by atoms with van der Waals surface area (Å²) in [5.41, 5.74) is 5.47. The van der Waals surface area contributed by atoms with E-state index < -0.39 is 0 Å². The van der Waals surface area contributed by atoms with Gasteiger partial charge in [0.05, 0.1) is 12.6 Å². The molecule has 2 unspecified atom stereocenters. The second-order valence-corrected chi connectivity index (χ2v) is 5.55. The Morgan fingerprint density at radius 1 is 1.43 bits per heavy atom. The molecule has 0 spiro atoms. The van der Waals surface area contributed by atoms with E-state index in [2.05, 4.69) is 5.32 Å². The lowest BCUT2D eigenvalue weighted by Crippen LogP contribution is -2.42. The fraction of sp³-hybridized carbons (Fsp3) is 0.500. The van der Waals surface area contributed by atoms with Gasteiger partial charge in [0.2, 0.25) is 11.8 Å². The van der Waals surface area contributed by atoms with Crippen LogP contribution in [-0.4, -0.2) is 49.0 Å². The highest BCUT2D eigenvalue weighted by atomic mass is 35.5. The fourth-order valence-corrected chi connectivity index (χ4v) is 2.33. The summed E-state index contributed by atoms with van der Waals surface area (Å²) in [6, 6.07) is 9.35. The molecule has 2 amide bonds. The molecule has 1 aliphatic rings. The van der Waals surface area contributed by atoms with Crippen molar-refractivity contribution in [3.8, 4) is 5.75 Å². The number of para-hydroxylation sites is 1. The number of ether oxygens (including phenoxy) is 1. The van der Waals surface area contributed by atoms with Crippen LogP contribution in [0.5, 0.6) is 5.75 Å². The number of likely N-dealkylation sites (tertiary alicyclic amines) is 1. The molecule has 1 aromatic carbocycles. The normalized spacial score (nSPS) is 18.3. The maximum Gasteiger partial charge on any atom is 0.224 e. The summed E-state index contributed by atoms with van der Waals surface area (Å²) >= 11 is 0. The quantitative estimate of drug-likeness (QED) is 0.768. The zero-order chi connectivity index (χ0) is 15.9. The zero-order valence-corrected chi connectivity index (χ0v) is 14.1. The lowest BCUT2D eigenvalue weighted by Gasteiger charge is -2.18. The third-order valence-electron chi connectivity index (χ3n) is 3.74. The van der Waals surface area contributed by atoms with Crippen LogP contribution in [-0.2, 0) is 9.59 Å². The molecule has 3 N–H and O–H groups in total. The molecule has 1 saturated heterocycles. The van der Waals surface area contributed by atoms with Gasteiger partial charge in [-0.15, -0.1) is 12.4 Å². The monoisotopic (exact) mass is 341 g/mol. The molecule has 6 nitrogen and oxygen atoms in total. The molecule has 0 radical (unpaired) electrons. The lowest BCUT2D eigenvalue weighted by molar-refractivity contribution is -0.128. The Bertz CT molecular complexity index is 513. The summed E-state index contributed by atoms with van der Waals surface area (Å²) in [5.74, 6) is 0.506. The van der Waals surface area contributed by atoms with Crippen LogP contribution in [0.2, 0.25) is 0 Å². The Kier molecular flexibility index (Phi) is 7.85. The fourth-order valence-electron chi connectivity index (χ4n) is 2.33. The van der Waals surface area contributed by atoms with Gasteiger partial charge in [0.25, 0.3) is 0 Å². The van der Waals surface area contributed by atoms with E-state index in [1.807, 2.05) is 30.3 Å². The van der Waals surface area contributed by atoms with E-state index in [1.165, 1.54) is 0 Å². The van der Waals surface area contributed by atoms with Gasteiger partial charge in [-0.1, -0.05) is 25.1 Å². The molecule has 0 bridgehead atoms. The Hall–Kier alpha value is -1.79. The summed E-state index contributed by atoms with van der Waals surface area (Å²) in [6.07, 6.45) is 0.342. The van der Waals surface area contributed by atoms with Crippen LogP contribution in [0.1, 0.15) is 13.3 Å². The first-order valence-electron chi connectivity index (χ1n) is 7.56. The third kappa shape index (κ3) is 5.73. The number of halogens is 1. The molecule has 1 fully saturated rings. The van der Waals surface area contributed by atoms with Crippen molar-refractivity contribution in [1.29, 1.82) is 0 Å². The summed E-state index contributed by atoms with van der Waals surface area (Å²) in [7, 11) is 0. The van der Waals surface area contributed by atoms with Crippen molar-refractivity contribution >= 4 is 24.2 Å². The summed E-state index contributed by atoms with van der Waals surface area (Å²) in [6.45, 7) is 3.57. The smallest absolute Gasteiger partial charge is 0.224 e. The highest BCUT2D eigenvalue weighted by Gasteiger charge is 2.30. The molecule has 2 atom stereocenters. The van der Waals surface area contributed by atoms with E-state index in [0.717, 1.165) is 5.75 Å².